The predicted molar refractivity (Wildman–Crippen MR) is 201 cm³/mol. The average Bonchev–Trinajstić information content (AvgIpc) is 3.83. The third-order valence-electron chi connectivity index (χ3n) is 7.45. The van der Waals surface area contributed by atoms with Gasteiger partial charge in [0.1, 0.15) is 50.7 Å². The molecule has 0 aliphatic carbocycles. The van der Waals surface area contributed by atoms with Crippen LogP contribution in [-0.2, 0) is 29.1 Å². The van der Waals surface area contributed by atoms with E-state index < -0.39 is 11.9 Å². The Morgan fingerprint density at radius 3 is 1.67 bits per heavy atom. The maximum absolute atomic E-state index is 12.6. The van der Waals surface area contributed by atoms with E-state index in [1.54, 1.807) is 18.4 Å². The number of esters is 2. The molecule has 0 bridgehead atoms. The quantitative estimate of drug-likeness (QED) is 0.0637. The van der Waals surface area contributed by atoms with Crippen molar-refractivity contribution in [2.75, 3.05) is 13.2 Å². The van der Waals surface area contributed by atoms with Crippen molar-refractivity contribution in [1.29, 1.82) is 0 Å². The highest BCUT2D eigenvalue weighted by Crippen LogP contribution is 2.37. The summed E-state index contributed by atoms with van der Waals surface area (Å²) in [6, 6.07) is 19.3. The molecule has 0 aliphatic heterocycles. The van der Waals surface area contributed by atoms with Crippen LogP contribution < -0.4 is 9.47 Å². The van der Waals surface area contributed by atoms with E-state index in [1.807, 2.05) is 83.3 Å². The summed E-state index contributed by atoms with van der Waals surface area (Å²) in [7, 11) is 0. The first kappa shape index (κ1) is 37.8. The zero-order chi connectivity index (χ0) is 36.3. The largest absolute Gasteiger partial charge is 0.486 e. The fourth-order valence-electron chi connectivity index (χ4n) is 5.06. The van der Waals surface area contributed by atoms with Gasteiger partial charge in [0.2, 0.25) is 0 Å². The smallest absolute Gasteiger partial charge is 0.345 e. The Balaban J connectivity index is 0.000000199. The Morgan fingerprint density at radius 1 is 0.706 bits per heavy atom. The van der Waals surface area contributed by atoms with Gasteiger partial charge in [-0.05, 0) is 60.4 Å². The Bertz CT molecular complexity index is 2110. The lowest BCUT2D eigenvalue weighted by Gasteiger charge is -2.17. The summed E-state index contributed by atoms with van der Waals surface area (Å²) in [6.07, 6.45) is 5.42. The van der Waals surface area contributed by atoms with Crippen LogP contribution in [0, 0.1) is 3.70 Å². The van der Waals surface area contributed by atoms with E-state index >= 15 is 0 Å². The second-order valence-electron chi connectivity index (χ2n) is 10.9. The molecule has 0 spiro atoms. The van der Waals surface area contributed by atoms with E-state index in [0.717, 1.165) is 29.7 Å². The molecule has 0 amide bonds. The monoisotopic (exact) mass is 844 g/mol. The number of pyridine rings is 2. The van der Waals surface area contributed by atoms with E-state index in [0.29, 0.717) is 37.2 Å². The van der Waals surface area contributed by atoms with Crippen LogP contribution in [0.5, 0.6) is 11.5 Å². The van der Waals surface area contributed by atoms with Gasteiger partial charge in [-0.3, -0.25) is 0 Å². The van der Waals surface area contributed by atoms with Crippen molar-refractivity contribution in [1.82, 2.24) is 29.2 Å². The molecule has 0 aliphatic rings. The summed E-state index contributed by atoms with van der Waals surface area (Å²) in [5, 5.41) is 9.02. The van der Waals surface area contributed by atoms with E-state index in [1.165, 1.54) is 17.2 Å². The van der Waals surface area contributed by atoms with Crippen molar-refractivity contribution in [2.45, 2.75) is 53.2 Å². The van der Waals surface area contributed by atoms with Crippen LogP contribution in [0.1, 0.15) is 71.1 Å². The zero-order valence-electron chi connectivity index (χ0n) is 28.1. The third-order valence-corrected chi connectivity index (χ3v) is 9.51. The first-order valence-corrected chi connectivity index (χ1v) is 18.1. The number of aromatic nitrogens is 6. The molecular formula is C36H35Cl2IN6O6. The summed E-state index contributed by atoms with van der Waals surface area (Å²) in [5.41, 5.74) is 3.84. The van der Waals surface area contributed by atoms with Crippen molar-refractivity contribution < 1.29 is 28.5 Å². The number of ether oxygens (including phenoxy) is 4. The van der Waals surface area contributed by atoms with Gasteiger partial charge in [0.05, 0.1) is 18.9 Å². The molecule has 51 heavy (non-hydrogen) atoms. The molecule has 6 rings (SSSR count). The molecule has 0 N–H and O–H groups in total. The molecule has 0 radical (unpaired) electrons. The fraction of sp³-hybridized carbons (Fsp3) is 0.278. The lowest BCUT2D eigenvalue weighted by Crippen LogP contribution is -2.14. The highest BCUT2D eigenvalue weighted by molar-refractivity contribution is 14.1. The number of nitrogens with zero attached hydrogens (tertiary/aromatic N) is 6. The van der Waals surface area contributed by atoms with Crippen LogP contribution in [0.25, 0.3) is 11.3 Å². The van der Waals surface area contributed by atoms with Crippen LogP contribution in [0.15, 0.2) is 73.3 Å². The lowest BCUT2D eigenvalue weighted by atomic mass is 10.1. The van der Waals surface area contributed by atoms with Crippen LogP contribution in [0.2, 0.25) is 10.0 Å². The number of hydrogen-bond donors (Lipinski definition) is 0. The summed E-state index contributed by atoms with van der Waals surface area (Å²) in [6.45, 7) is 6.62. The van der Waals surface area contributed by atoms with E-state index in [2.05, 4.69) is 27.1 Å². The molecule has 0 atom stereocenters. The minimum atomic E-state index is -0.545. The maximum Gasteiger partial charge on any atom is 0.345 e. The number of hydrogen-bond acceptors (Lipinski definition) is 10. The first-order valence-electron chi connectivity index (χ1n) is 16.2. The van der Waals surface area contributed by atoms with Gasteiger partial charge < -0.3 is 18.9 Å². The van der Waals surface area contributed by atoms with Crippen molar-refractivity contribution >= 4 is 69.0 Å². The van der Waals surface area contributed by atoms with Gasteiger partial charge in [0.15, 0.2) is 22.8 Å². The van der Waals surface area contributed by atoms with E-state index in [9.17, 15) is 9.59 Å². The normalized spacial score (nSPS) is 10.9. The molecule has 0 unspecified atom stereocenters. The minimum absolute atomic E-state index is 0.177. The molecule has 6 aromatic rings. The van der Waals surface area contributed by atoms with Crippen LogP contribution in [0.3, 0.4) is 0 Å². The van der Waals surface area contributed by atoms with E-state index in [4.69, 9.17) is 42.1 Å². The number of carbonyl (C=O) groups is 2. The second kappa shape index (κ2) is 18.1. The number of benzene rings is 2. The average molecular weight is 846 g/mol. The highest BCUT2D eigenvalue weighted by Gasteiger charge is 2.28. The van der Waals surface area contributed by atoms with Crippen molar-refractivity contribution in [3.8, 4) is 11.5 Å². The molecule has 0 saturated heterocycles. The zero-order valence-corrected chi connectivity index (χ0v) is 31.8. The molecule has 4 aromatic heterocycles. The maximum atomic E-state index is 12.6. The number of halogens is 3. The van der Waals surface area contributed by atoms with Crippen molar-refractivity contribution in [3.05, 3.63) is 115 Å². The van der Waals surface area contributed by atoms with Gasteiger partial charge in [-0.15, -0.1) is 0 Å². The number of carbonyl (C=O) groups excluding carboxylic acids is 2. The lowest BCUT2D eigenvalue weighted by molar-refractivity contribution is 0.0512. The van der Waals surface area contributed by atoms with Gasteiger partial charge in [-0.25, -0.2) is 28.6 Å². The summed E-state index contributed by atoms with van der Waals surface area (Å²) in [4.78, 5) is 33.4. The summed E-state index contributed by atoms with van der Waals surface area (Å²) >= 11 is 15.1. The topological polar surface area (TPSA) is 131 Å². The van der Waals surface area contributed by atoms with Crippen LogP contribution in [0.4, 0.5) is 0 Å². The number of fused-ring (bicyclic) bond motifs is 2. The van der Waals surface area contributed by atoms with Crippen LogP contribution in [-0.4, -0.2) is 54.3 Å². The molecule has 15 heteroatoms. The summed E-state index contributed by atoms with van der Waals surface area (Å²) in [5.74, 6) is -0.520. The molecule has 4 heterocycles. The Kier molecular flexibility index (Phi) is 13.4. The van der Waals surface area contributed by atoms with Gasteiger partial charge in [0.25, 0.3) is 0 Å². The fourth-order valence-corrected chi connectivity index (χ4v) is 6.21. The first-order chi connectivity index (χ1) is 24.8. The Hall–Kier alpha value is -4.47. The Morgan fingerprint density at radius 2 is 1.18 bits per heavy atom. The minimum Gasteiger partial charge on any atom is -0.486 e. The molecular weight excluding hydrogens is 810 g/mol. The molecule has 12 nitrogen and oxygen atoms in total. The number of unbranched alkanes of at least 4 members (excludes halogenated alkanes) is 1. The van der Waals surface area contributed by atoms with E-state index in [-0.39, 0.29) is 43.3 Å². The van der Waals surface area contributed by atoms with Crippen LogP contribution >= 0.6 is 45.8 Å². The molecule has 2 aromatic carbocycles. The number of rotatable bonds is 13. The second-order valence-corrected chi connectivity index (χ2v) is 12.6. The van der Waals surface area contributed by atoms with Gasteiger partial charge in [-0.2, -0.15) is 10.2 Å². The standard InChI is InChI=1S/C20H22ClN3O3.C16H13ClIN3O3/c1-3-5-11-15-17(21)18(27-12-14-9-7-6-8-10-14)16(20(25)26-4-2)19-22-13-23-24(15)19;1-2-23-16(22)11-13(24-8-10-6-4-3-5-7-10)12(17)14(18)21-15(11)19-9-20-21/h6-10,13H,3-5,11-12H2,1-2H3;3-7,9H,2,8H2,1H3. The Labute approximate surface area is 318 Å². The molecule has 0 fully saturated rings. The third kappa shape index (κ3) is 8.71. The van der Waals surface area contributed by atoms with Gasteiger partial charge in [0, 0.05) is 0 Å². The molecule has 0 saturated carbocycles. The number of aryl methyl sites for hydroxylation is 1. The molecule has 266 valence electrons. The van der Waals surface area contributed by atoms with Crippen molar-refractivity contribution in [3.63, 3.8) is 0 Å². The summed E-state index contributed by atoms with van der Waals surface area (Å²) < 4.78 is 25.9. The SMILES string of the molecule is CCCCc1c(Cl)c(OCc2ccccc2)c(C(=O)OCC)c2ncnn12.CCOC(=O)c1c(OCc2ccccc2)c(Cl)c(I)n2ncnc12. The highest BCUT2D eigenvalue weighted by atomic mass is 127. The predicted octanol–water partition coefficient (Wildman–Crippen LogP) is 8.22. The van der Waals surface area contributed by atoms with Crippen molar-refractivity contribution in [2.24, 2.45) is 0 Å². The van der Waals surface area contributed by atoms with Gasteiger partial charge >= 0.3 is 11.9 Å². The van der Waals surface area contributed by atoms with Gasteiger partial charge in [-0.1, -0.05) is 97.2 Å².